The van der Waals surface area contributed by atoms with Crippen LogP contribution in [-0.4, -0.2) is 48.8 Å². The van der Waals surface area contributed by atoms with E-state index in [4.69, 9.17) is 4.74 Å². The SMILES string of the molecule is COc1ccc([C@@H]2[C@H](CNC(=O)CC3(O)CCCC3)CCN2C)cc1. The number of ether oxygens (including phenoxy) is 1. The molecule has 1 aromatic carbocycles. The average molecular weight is 346 g/mol. The molecule has 2 atom stereocenters. The zero-order valence-electron chi connectivity index (χ0n) is 15.3. The monoisotopic (exact) mass is 346 g/mol. The van der Waals surface area contributed by atoms with Crippen LogP contribution in [0.15, 0.2) is 24.3 Å². The summed E-state index contributed by atoms with van der Waals surface area (Å²) in [6.07, 6.45) is 4.86. The predicted octanol–water partition coefficient (Wildman–Crippen LogP) is 2.50. The first-order chi connectivity index (χ1) is 12.0. The van der Waals surface area contributed by atoms with Gasteiger partial charge in [0.1, 0.15) is 5.75 Å². The minimum atomic E-state index is -0.772. The third-order valence-electron chi connectivity index (χ3n) is 5.82. The van der Waals surface area contributed by atoms with Crippen LogP contribution in [0.2, 0.25) is 0 Å². The van der Waals surface area contributed by atoms with Gasteiger partial charge < -0.3 is 15.2 Å². The van der Waals surface area contributed by atoms with Gasteiger partial charge in [0.05, 0.1) is 19.1 Å². The van der Waals surface area contributed by atoms with Gasteiger partial charge in [0.15, 0.2) is 0 Å². The molecule has 0 aromatic heterocycles. The predicted molar refractivity (Wildman–Crippen MR) is 97.5 cm³/mol. The summed E-state index contributed by atoms with van der Waals surface area (Å²) < 4.78 is 5.24. The van der Waals surface area contributed by atoms with Crippen molar-refractivity contribution in [1.82, 2.24) is 10.2 Å². The fourth-order valence-electron chi connectivity index (χ4n) is 4.38. The molecule has 1 aromatic rings. The molecule has 0 radical (unpaired) electrons. The second kappa shape index (κ2) is 7.75. The number of hydrogen-bond acceptors (Lipinski definition) is 4. The number of carbonyl (C=O) groups is 1. The van der Waals surface area contributed by atoms with Crippen LogP contribution in [0, 0.1) is 5.92 Å². The third kappa shape index (κ3) is 4.33. The lowest BCUT2D eigenvalue weighted by atomic mass is 9.93. The molecular formula is C20H30N2O3. The molecule has 5 nitrogen and oxygen atoms in total. The van der Waals surface area contributed by atoms with Gasteiger partial charge in [0.25, 0.3) is 0 Å². The van der Waals surface area contributed by atoms with Crippen LogP contribution in [0.4, 0.5) is 0 Å². The first-order valence-corrected chi connectivity index (χ1v) is 9.34. The Balaban J connectivity index is 1.57. The standard InChI is InChI=1S/C20H30N2O3/c1-22-12-9-16(19(22)15-5-7-17(25-2)8-6-15)14-21-18(23)13-20(24)10-3-4-11-20/h5-8,16,19,24H,3-4,9-14H2,1-2H3,(H,21,23)/t16-,19+/m0/s1. The van der Waals surface area contributed by atoms with Gasteiger partial charge in [0.2, 0.25) is 5.91 Å². The number of rotatable bonds is 6. The average Bonchev–Trinajstić information content (AvgIpc) is 3.19. The van der Waals surface area contributed by atoms with Crippen molar-refractivity contribution in [1.29, 1.82) is 0 Å². The molecule has 1 saturated carbocycles. The summed E-state index contributed by atoms with van der Waals surface area (Å²) in [5, 5.41) is 13.5. The second-order valence-corrected chi connectivity index (χ2v) is 7.66. The number of benzene rings is 1. The van der Waals surface area contributed by atoms with Crippen molar-refractivity contribution in [3.05, 3.63) is 29.8 Å². The molecule has 0 bridgehead atoms. The van der Waals surface area contributed by atoms with Gasteiger partial charge in [-0.2, -0.15) is 0 Å². The van der Waals surface area contributed by atoms with E-state index in [-0.39, 0.29) is 12.3 Å². The van der Waals surface area contributed by atoms with Gasteiger partial charge in [-0.05, 0) is 56.5 Å². The molecule has 25 heavy (non-hydrogen) atoms. The second-order valence-electron chi connectivity index (χ2n) is 7.66. The number of methoxy groups -OCH3 is 1. The van der Waals surface area contributed by atoms with Gasteiger partial charge in [-0.15, -0.1) is 0 Å². The summed E-state index contributed by atoms with van der Waals surface area (Å²) >= 11 is 0. The van der Waals surface area contributed by atoms with E-state index in [1.807, 2.05) is 12.1 Å². The van der Waals surface area contributed by atoms with E-state index in [0.29, 0.717) is 18.5 Å². The fourth-order valence-corrected chi connectivity index (χ4v) is 4.38. The summed E-state index contributed by atoms with van der Waals surface area (Å²) in [5.74, 6) is 1.23. The highest BCUT2D eigenvalue weighted by Gasteiger charge is 2.35. The van der Waals surface area contributed by atoms with Crippen molar-refractivity contribution in [2.45, 2.75) is 50.2 Å². The van der Waals surface area contributed by atoms with Crippen LogP contribution < -0.4 is 10.1 Å². The lowest BCUT2D eigenvalue weighted by Gasteiger charge is -2.27. The van der Waals surface area contributed by atoms with E-state index < -0.39 is 5.60 Å². The Morgan fingerprint density at radius 2 is 2.00 bits per heavy atom. The highest BCUT2D eigenvalue weighted by atomic mass is 16.5. The summed E-state index contributed by atoms with van der Waals surface area (Å²) in [6, 6.07) is 8.52. The fraction of sp³-hybridized carbons (Fsp3) is 0.650. The molecule has 3 rings (SSSR count). The number of likely N-dealkylation sites (tertiary alicyclic amines) is 1. The number of carbonyl (C=O) groups excluding carboxylic acids is 1. The number of amides is 1. The quantitative estimate of drug-likeness (QED) is 0.831. The zero-order chi connectivity index (χ0) is 17.9. The Bertz CT molecular complexity index is 581. The maximum Gasteiger partial charge on any atom is 0.222 e. The Kier molecular flexibility index (Phi) is 5.64. The Morgan fingerprint density at radius 3 is 2.64 bits per heavy atom. The van der Waals surface area contributed by atoms with Gasteiger partial charge in [0, 0.05) is 12.6 Å². The Labute approximate surface area is 150 Å². The van der Waals surface area contributed by atoms with Crippen molar-refractivity contribution in [3.63, 3.8) is 0 Å². The number of aliphatic hydroxyl groups is 1. The number of hydrogen-bond donors (Lipinski definition) is 2. The zero-order valence-corrected chi connectivity index (χ0v) is 15.3. The molecule has 5 heteroatoms. The van der Waals surface area contributed by atoms with Gasteiger partial charge >= 0.3 is 0 Å². The molecule has 1 heterocycles. The van der Waals surface area contributed by atoms with E-state index in [1.165, 1.54) is 5.56 Å². The third-order valence-corrected chi connectivity index (χ3v) is 5.82. The lowest BCUT2D eigenvalue weighted by molar-refractivity contribution is -0.126. The molecule has 1 amide bonds. The molecule has 0 unspecified atom stereocenters. The van der Waals surface area contributed by atoms with Crippen molar-refractivity contribution < 1.29 is 14.6 Å². The van der Waals surface area contributed by atoms with Crippen molar-refractivity contribution >= 4 is 5.91 Å². The van der Waals surface area contributed by atoms with Gasteiger partial charge in [-0.1, -0.05) is 25.0 Å². The molecular weight excluding hydrogens is 316 g/mol. The molecule has 2 aliphatic rings. The first kappa shape index (κ1) is 18.2. The van der Waals surface area contributed by atoms with E-state index >= 15 is 0 Å². The molecule has 138 valence electrons. The number of nitrogens with zero attached hydrogens (tertiary/aromatic N) is 1. The van der Waals surface area contributed by atoms with Crippen LogP contribution in [-0.2, 0) is 4.79 Å². The van der Waals surface area contributed by atoms with Crippen LogP contribution in [0.1, 0.15) is 50.1 Å². The van der Waals surface area contributed by atoms with E-state index in [0.717, 1.165) is 44.4 Å². The summed E-state index contributed by atoms with van der Waals surface area (Å²) in [4.78, 5) is 14.6. The largest absolute Gasteiger partial charge is 0.497 e. The van der Waals surface area contributed by atoms with Crippen LogP contribution in [0.5, 0.6) is 5.75 Å². The highest BCUT2D eigenvalue weighted by molar-refractivity contribution is 5.77. The molecule has 1 aliphatic heterocycles. The van der Waals surface area contributed by atoms with E-state index in [1.54, 1.807) is 7.11 Å². The normalized spacial score (nSPS) is 25.9. The number of nitrogens with one attached hydrogen (secondary N) is 1. The maximum atomic E-state index is 12.3. The Hall–Kier alpha value is -1.59. The van der Waals surface area contributed by atoms with E-state index in [9.17, 15) is 9.90 Å². The molecule has 0 spiro atoms. The van der Waals surface area contributed by atoms with Gasteiger partial charge in [-0.25, -0.2) is 0 Å². The van der Waals surface area contributed by atoms with Crippen molar-refractivity contribution in [2.24, 2.45) is 5.92 Å². The van der Waals surface area contributed by atoms with Crippen LogP contribution in [0.3, 0.4) is 0 Å². The minimum Gasteiger partial charge on any atom is -0.497 e. The summed E-state index contributed by atoms with van der Waals surface area (Å²) in [7, 11) is 3.81. The molecule has 1 aliphatic carbocycles. The summed E-state index contributed by atoms with van der Waals surface area (Å²) in [5.41, 5.74) is 0.487. The van der Waals surface area contributed by atoms with Crippen LogP contribution >= 0.6 is 0 Å². The van der Waals surface area contributed by atoms with Crippen LogP contribution in [0.25, 0.3) is 0 Å². The van der Waals surface area contributed by atoms with E-state index in [2.05, 4.69) is 29.4 Å². The van der Waals surface area contributed by atoms with Crippen molar-refractivity contribution in [2.75, 3.05) is 27.2 Å². The Morgan fingerprint density at radius 1 is 1.32 bits per heavy atom. The molecule has 2 fully saturated rings. The van der Waals surface area contributed by atoms with Crippen molar-refractivity contribution in [3.8, 4) is 5.75 Å². The topological polar surface area (TPSA) is 61.8 Å². The lowest BCUT2D eigenvalue weighted by Crippen LogP contribution is -2.37. The molecule has 2 N–H and O–H groups in total. The summed E-state index contributed by atoms with van der Waals surface area (Å²) in [6.45, 7) is 1.69. The highest BCUT2D eigenvalue weighted by Crippen LogP contribution is 2.36. The smallest absolute Gasteiger partial charge is 0.222 e. The maximum absolute atomic E-state index is 12.3. The first-order valence-electron chi connectivity index (χ1n) is 9.34. The molecule has 1 saturated heterocycles. The minimum absolute atomic E-state index is 0.0209. The van der Waals surface area contributed by atoms with Gasteiger partial charge in [-0.3, -0.25) is 9.69 Å².